The summed E-state index contributed by atoms with van der Waals surface area (Å²) in [4.78, 5) is 1.71. The third-order valence-corrected chi connectivity index (χ3v) is 2.31. The Kier molecular flexibility index (Phi) is 4.32. The molecule has 0 aliphatic rings. The number of hydrogen-bond donors (Lipinski definition) is 1. The lowest BCUT2D eigenvalue weighted by Crippen LogP contribution is -2.23. The lowest BCUT2D eigenvalue weighted by molar-refractivity contribution is 0.817. The first kappa shape index (κ1) is 12.0. The van der Waals surface area contributed by atoms with Crippen molar-refractivity contribution >= 4 is 5.69 Å². The van der Waals surface area contributed by atoms with E-state index < -0.39 is 0 Å². The summed E-state index contributed by atoms with van der Waals surface area (Å²) in [6.45, 7) is 2.34. The molecule has 0 bridgehead atoms. The zero-order valence-electron chi connectivity index (χ0n) is 9.22. The van der Waals surface area contributed by atoms with E-state index in [9.17, 15) is 0 Å². The molecule has 1 aromatic carbocycles. The van der Waals surface area contributed by atoms with E-state index in [0.717, 1.165) is 11.3 Å². The summed E-state index contributed by atoms with van der Waals surface area (Å²) in [6.07, 6.45) is 0. The molecule has 0 heterocycles. The normalized spacial score (nSPS) is 11.2. The van der Waals surface area contributed by atoms with Crippen molar-refractivity contribution in [2.24, 2.45) is 5.73 Å². The van der Waals surface area contributed by atoms with Crippen molar-refractivity contribution in [2.75, 3.05) is 18.0 Å². The number of nitrogens with two attached hydrogens (primary N) is 1. The van der Waals surface area contributed by atoms with Crippen LogP contribution >= 0.6 is 0 Å². The molecule has 0 aliphatic carbocycles. The summed E-state index contributed by atoms with van der Waals surface area (Å²) in [6, 6.07) is 11.7. The van der Waals surface area contributed by atoms with Crippen molar-refractivity contribution in [3.63, 3.8) is 0 Å². The predicted octanol–water partition coefficient (Wildman–Crippen LogP) is 1.56. The molecule has 4 nitrogen and oxygen atoms in total. The fourth-order valence-corrected chi connectivity index (χ4v) is 1.40. The maximum Gasteiger partial charge on any atom is 0.106 e. The largest absolute Gasteiger partial charge is 0.345 e. The molecule has 0 amide bonds. The molecule has 0 aliphatic heterocycles. The van der Waals surface area contributed by atoms with E-state index in [2.05, 4.69) is 0 Å². The van der Waals surface area contributed by atoms with Gasteiger partial charge in [0, 0.05) is 11.7 Å². The first-order valence-corrected chi connectivity index (χ1v) is 5.03. The second-order valence-electron chi connectivity index (χ2n) is 3.55. The smallest absolute Gasteiger partial charge is 0.106 e. The Bertz CT molecular complexity index is 392. The van der Waals surface area contributed by atoms with E-state index >= 15 is 0 Å². The minimum absolute atomic E-state index is 0.00515. The van der Waals surface area contributed by atoms with Gasteiger partial charge in [-0.1, -0.05) is 12.1 Å². The second-order valence-corrected chi connectivity index (χ2v) is 3.55. The van der Waals surface area contributed by atoms with Gasteiger partial charge < -0.3 is 10.6 Å². The molecule has 4 heteroatoms. The quantitative estimate of drug-likeness (QED) is 0.771. The van der Waals surface area contributed by atoms with E-state index in [1.54, 1.807) is 4.90 Å². The molecule has 0 saturated carbocycles. The molecule has 0 unspecified atom stereocenters. The number of anilines is 1. The number of hydrogen-bond acceptors (Lipinski definition) is 4. The number of nitrogens with zero attached hydrogens (tertiary/aromatic N) is 3. The summed E-state index contributed by atoms with van der Waals surface area (Å²) in [5.74, 6) is 0. The van der Waals surface area contributed by atoms with Crippen LogP contribution in [0, 0.1) is 22.7 Å². The van der Waals surface area contributed by atoms with Gasteiger partial charge in [-0.05, 0) is 24.6 Å². The van der Waals surface area contributed by atoms with Crippen LogP contribution < -0.4 is 10.6 Å². The molecule has 0 spiro atoms. The molecule has 0 saturated heterocycles. The summed E-state index contributed by atoms with van der Waals surface area (Å²) in [7, 11) is 0. The molecule has 16 heavy (non-hydrogen) atoms. The van der Waals surface area contributed by atoms with E-state index in [0.29, 0.717) is 0 Å². The molecule has 0 aromatic heterocycles. The highest BCUT2D eigenvalue weighted by molar-refractivity contribution is 5.49. The van der Waals surface area contributed by atoms with Crippen molar-refractivity contribution < 1.29 is 0 Å². The van der Waals surface area contributed by atoms with Crippen LogP contribution in [0.2, 0.25) is 0 Å². The second kappa shape index (κ2) is 5.75. The lowest BCUT2D eigenvalue weighted by Gasteiger charge is -2.18. The minimum Gasteiger partial charge on any atom is -0.345 e. The fraction of sp³-hybridized carbons (Fsp3) is 0.333. The minimum atomic E-state index is -0.00515. The van der Waals surface area contributed by atoms with Crippen LogP contribution in [-0.2, 0) is 0 Å². The summed E-state index contributed by atoms with van der Waals surface area (Å²) >= 11 is 0. The standard InChI is InChI=1S/C12H14N4/c1-10(15)11-2-4-12(5-3-11)16(8-6-13)9-7-14/h2-5,10H,8-9,15H2,1H3/t10-/m0/s1. The van der Waals surface area contributed by atoms with Crippen molar-refractivity contribution in [1.29, 1.82) is 10.5 Å². The van der Waals surface area contributed by atoms with E-state index in [1.807, 2.05) is 43.3 Å². The van der Waals surface area contributed by atoms with Crippen molar-refractivity contribution in [2.45, 2.75) is 13.0 Å². The van der Waals surface area contributed by atoms with E-state index in [4.69, 9.17) is 16.3 Å². The van der Waals surface area contributed by atoms with Crippen molar-refractivity contribution in [3.05, 3.63) is 29.8 Å². The average Bonchev–Trinajstić information content (AvgIpc) is 2.29. The van der Waals surface area contributed by atoms with Crippen molar-refractivity contribution in [1.82, 2.24) is 0 Å². The van der Waals surface area contributed by atoms with Gasteiger partial charge in [-0.25, -0.2) is 0 Å². The Hall–Kier alpha value is -2.04. The van der Waals surface area contributed by atoms with Gasteiger partial charge >= 0.3 is 0 Å². The highest BCUT2D eigenvalue weighted by atomic mass is 15.1. The zero-order valence-corrected chi connectivity index (χ0v) is 9.22. The van der Waals surface area contributed by atoms with Gasteiger partial charge in [0.05, 0.1) is 12.1 Å². The topological polar surface area (TPSA) is 76.8 Å². The first-order valence-electron chi connectivity index (χ1n) is 5.03. The molecule has 1 atom stereocenters. The number of rotatable bonds is 4. The van der Waals surface area contributed by atoms with Crippen LogP contribution in [0.25, 0.3) is 0 Å². The van der Waals surface area contributed by atoms with Crippen LogP contribution in [0.15, 0.2) is 24.3 Å². The third kappa shape index (κ3) is 2.98. The monoisotopic (exact) mass is 214 g/mol. The summed E-state index contributed by atoms with van der Waals surface area (Å²) in [5, 5.41) is 17.3. The van der Waals surface area contributed by atoms with Crippen LogP contribution in [-0.4, -0.2) is 13.1 Å². The Labute approximate surface area is 95.5 Å². The van der Waals surface area contributed by atoms with Gasteiger partial charge in [-0.3, -0.25) is 0 Å². The predicted molar refractivity (Wildman–Crippen MR) is 62.5 cm³/mol. The van der Waals surface area contributed by atoms with Gasteiger partial charge in [0.2, 0.25) is 0 Å². The lowest BCUT2D eigenvalue weighted by atomic mass is 10.1. The molecular formula is C12H14N4. The van der Waals surface area contributed by atoms with Gasteiger partial charge in [0.15, 0.2) is 0 Å². The van der Waals surface area contributed by atoms with Gasteiger partial charge in [0.25, 0.3) is 0 Å². The highest BCUT2D eigenvalue weighted by Crippen LogP contribution is 2.17. The molecule has 2 N–H and O–H groups in total. The fourth-order valence-electron chi connectivity index (χ4n) is 1.40. The van der Waals surface area contributed by atoms with Gasteiger partial charge in [0.1, 0.15) is 13.1 Å². The van der Waals surface area contributed by atoms with E-state index in [-0.39, 0.29) is 19.1 Å². The maximum absolute atomic E-state index is 8.65. The van der Waals surface area contributed by atoms with Crippen LogP contribution in [0.4, 0.5) is 5.69 Å². The molecular weight excluding hydrogens is 200 g/mol. The SMILES string of the molecule is C[C@H](N)c1ccc(N(CC#N)CC#N)cc1. The number of benzene rings is 1. The number of nitriles is 2. The highest BCUT2D eigenvalue weighted by Gasteiger charge is 2.06. The van der Waals surface area contributed by atoms with E-state index in [1.165, 1.54) is 0 Å². The Morgan fingerprint density at radius 1 is 1.19 bits per heavy atom. The van der Waals surface area contributed by atoms with Crippen LogP contribution in [0.5, 0.6) is 0 Å². The van der Waals surface area contributed by atoms with Gasteiger partial charge in [-0.2, -0.15) is 10.5 Å². The molecule has 0 radical (unpaired) electrons. The van der Waals surface area contributed by atoms with Gasteiger partial charge in [-0.15, -0.1) is 0 Å². The summed E-state index contributed by atoms with van der Waals surface area (Å²) < 4.78 is 0. The molecule has 1 aromatic rings. The van der Waals surface area contributed by atoms with Crippen LogP contribution in [0.3, 0.4) is 0 Å². The maximum atomic E-state index is 8.65. The Morgan fingerprint density at radius 2 is 1.69 bits per heavy atom. The zero-order chi connectivity index (χ0) is 12.0. The molecule has 1 rings (SSSR count). The molecule has 82 valence electrons. The Morgan fingerprint density at radius 3 is 2.06 bits per heavy atom. The third-order valence-electron chi connectivity index (χ3n) is 2.31. The first-order chi connectivity index (χ1) is 7.69. The van der Waals surface area contributed by atoms with Crippen molar-refractivity contribution in [3.8, 4) is 12.1 Å². The average molecular weight is 214 g/mol. The Balaban J connectivity index is 2.86. The molecule has 0 fully saturated rings. The van der Waals surface area contributed by atoms with Crippen LogP contribution in [0.1, 0.15) is 18.5 Å². The summed E-state index contributed by atoms with van der Waals surface area (Å²) in [5.41, 5.74) is 7.65.